The van der Waals surface area contributed by atoms with Gasteiger partial charge in [-0.2, -0.15) is 0 Å². The van der Waals surface area contributed by atoms with Crippen molar-refractivity contribution in [1.29, 1.82) is 0 Å². The molecule has 1 saturated heterocycles. The highest BCUT2D eigenvalue weighted by atomic mass is 16.2. The van der Waals surface area contributed by atoms with Crippen molar-refractivity contribution in [2.45, 2.75) is 45.2 Å². The van der Waals surface area contributed by atoms with Crippen LogP contribution in [0.3, 0.4) is 0 Å². The Morgan fingerprint density at radius 3 is 2.49 bits per heavy atom. The summed E-state index contributed by atoms with van der Waals surface area (Å²) in [4.78, 5) is 28.2. The number of hydrogen-bond donors (Lipinski definition) is 3. The molecular weight excluding hydrogens is 460 g/mol. The van der Waals surface area contributed by atoms with Crippen molar-refractivity contribution in [2.75, 3.05) is 23.7 Å². The molecule has 2 aliphatic rings. The first-order chi connectivity index (χ1) is 18.1. The van der Waals surface area contributed by atoms with E-state index in [1.165, 1.54) is 37.9 Å². The Hall–Kier alpha value is -3.90. The fourth-order valence-corrected chi connectivity index (χ4v) is 5.06. The molecule has 3 aromatic carbocycles. The molecule has 1 fully saturated rings. The van der Waals surface area contributed by atoms with E-state index in [0.717, 1.165) is 29.8 Å². The van der Waals surface area contributed by atoms with Crippen LogP contribution < -0.4 is 16.0 Å². The topological polar surface area (TPSA) is 73.5 Å². The van der Waals surface area contributed by atoms with E-state index < -0.39 is 0 Å². The fraction of sp³-hybridized carbons (Fsp3) is 0.290. The van der Waals surface area contributed by atoms with Crippen LogP contribution in [0.2, 0.25) is 0 Å². The van der Waals surface area contributed by atoms with Crippen molar-refractivity contribution in [2.24, 2.45) is 0 Å². The van der Waals surface area contributed by atoms with Gasteiger partial charge in [0.1, 0.15) is 0 Å². The van der Waals surface area contributed by atoms with E-state index >= 15 is 0 Å². The van der Waals surface area contributed by atoms with Gasteiger partial charge < -0.3 is 16.0 Å². The van der Waals surface area contributed by atoms with Crippen LogP contribution in [0.15, 0.2) is 79.0 Å². The average Bonchev–Trinajstić information content (AvgIpc) is 3.26. The van der Waals surface area contributed by atoms with Gasteiger partial charge in [0.15, 0.2) is 0 Å². The first-order valence-electron chi connectivity index (χ1n) is 13.2. The van der Waals surface area contributed by atoms with E-state index in [0.29, 0.717) is 16.8 Å². The fourth-order valence-electron chi connectivity index (χ4n) is 5.06. The summed E-state index contributed by atoms with van der Waals surface area (Å²) in [5.74, 6) is -0.342. The maximum Gasteiger partial charge on any atom is 0.257 e. The van der Waals surface area contributed by atoms with Crippen LogP contribution in [-0.2, 0) is 11.3 Å². The van der Waals surface area contributed by atoms with Crippen LogP contribution in [-0.4, -0.2) is 29.8 Å². The molecule has 0 radical (unpaired) electrons. The third kappa shape index (κ3) is 5.92. The van der Waals surface area contributed by atoms with Crippen molar-refractivity contribution in [1.82, 2.24) is 10.2 Å². The van der Waals surface area contributed by atoms with Gasteiger partial charge in [0.25, 0.3) is 11.8 Å². The number of hydrogen-bond acceptors (Lipinski definition) is 4. The van der Waals surface area contributed by atoms with E-state index in [2.05, 4.69) is 45.1 Å². The van der Waals surface area contributed by atoms with Gasteiger partial charge in [-0.15, -0.1) is 0 Å². The lowest BCUT2D eigenvalue weighted by molar-refractivity contribution is -0.110. The monoisotopic (exact) mass is 494 g/mol. The predicted molar refractivity (Wildman–Crippen MR) is 149 cm³/mol. The lowest BCUT2D eigenvalue weighted by Crippen LogP contribution is -2.29. The first kappa shape index (κ1) is 24.8. The van der Waals surface area contributed by atoms with E-state index in [4.69, 9.17) is 0 Å². The third-order valence-corrected chi connectivity index (χ3v) is 7.17. The Labute approximate surface area is 218 Å². The number of nitrogens with one attached hydrogen (secondary N) is 3. The molecule has 3 N–H and O–H groups in total. The van der Waals surface area contributed by atoms with Crippen molar-refractivity contribution < 1.29 is 9.59 Å². The van der Waals surface area contributed by atoms with Crippen LogP contribution in [0.5, 0.6) is 0 Å². The second-order valence-electron chi connectivity index (χ2n) is 9.80. The van der Waals surface area contributed by atoms with E-state index in [-0.39, 0.29) is 17.9 Å². The quantitative estimate of drug-likeness (QED) is 0.338. The van der Waals surface area contributed by atoms with Gasteiger partial charge in [-0.25, -0.2) is 0 Å². The highest BCUT2D eigenvalue weighted by molar-refractivity contribution is 6.32. The number of benzene rings is 3. The number of likely N-dealkylation sites (tertiary alicyclic amines) is 1. The van der Waals surface area contributed by atoms with Gasteiger partial charge >= 0.3 is 0 Å². The molecule has 2 heterocycles. The second kappa shape index (κ2) is 11.4. The molecule has 0 spiro atoms. The molecule has 0 saturated carbocycles. The molecule has 6 nitrogen and oxygen atoms in total. The molecule has 2 aliphatic heterocycles. The summed E-state index contributed by atoms with van der Waals surface area (Å²) >= 11 is 0. The normalized spacial score (nSPS) is 17.2. The van der Waals surface area contributed by atoms with E-state index in [1.807, 2.05) is 43.3 Å². The van der Waals surface area contributed by atoms with Crippen LogP contribution in [0, 0.1) is 0 Å². The Balaban J connectivity index is 1.24. The summed E-state index contributed by atoms with van der Waals surface area (Å²) in [5, 5.41) is 9.27. The number of piperidine rings is 1. The number of fused-ring (bicyclic) bond motifs is 1. The zero-order valence-electron chi connectivity index (χ0n) is 21.3. The average molecular weight is 495 g/mol. The van der Waals surface area contributed by atoms with Gasteiger partial charge in [-0.3, -0.25) is 14.5 Å². The second-order valence-corrected chi connectivity index (χ2v) is 9.80. The van der Waals surface area contributed by atoms with Crippen LogP contribution in [0.25, 0.3) is 5.57 Å². The van der Waals surface area contributed by atoms with E-state index in [1.54, 1.807) is 18.3 Å². The van der Waals surface area contributed by atoms with Gasteiger partial charge in [0.05, 0.1) is 11.6 Å². The minimum absolute atomic E-state index is 0.0672. The van der Waals surface area contributed by atoms with Crippen LogP contribution >= 0.6 is 0 Å². The van der Waals surface area contributed by atoms with Gasteiger partial charge in [-0.1, -0.05) is 61.9 Å². The molecule has 0 aromatic heterocycles. The Bertz CT molecular complexity index is 1280. The molecule has 6 heteroatoms. The minimum Gasteiger partial charge on any atom is -0.361 e. The standard InChI is InChI=1S/C31H34N4O2/c1-2-28(23-9-5-3-6-10-23)33-30(36)24-13-16-26-27(31(37)34-29(26)19-24)20-32-25-14-11-22(12-15-25)21-35-17-7-4-8-18-35/h3,5-6,9-16,19-20,28,32H,2,4,7-8,17-18,21H2,1H3,(H,33,36)(H,34,37)/b27-20-/t28-/m0/s1. The molecule has 1 atom stereocenters. The molecule has 5 rings (SSSR count). The predicted octanol–water partition coefficient (Wildman–Crippen LogP) is 5.96. The summed E-state index contributed by atoms with van der Waals surface area (Å²) in [6.45, 7) is 5.39. The molecule has 3 aromatic rings. The first-order valence-corrected chi connectivity index (χ1v) is 13.2. The van der Waals surface area contributed by atoms with Crippen molar-refractivity contribution in [3.05, 3.63) is 101 Å². The molecule has 190 valence electrons. The Morgan fingerprint density at radius 2 is 1.76 bits per heavy atom. The third-order valence-electron chi connectivity index (χ3n) is 7.17. The highest BCUT2D eigenvalue weighted by Crippen LogP contribution is 2.33. The maximum absolute atomic E-state index is 13.0. The molecule has 37 heavy (non-hydrogen) atoms. The Kier molecular flexibility index (Phi) is 7.66. The number of nitrogens with zero attached hydrogens (tertiary/aromatic N) is 1. The van der Waals surface area contributed by atoms with E-state index in [9.17, 15) is 9.59 Å². The number of rotatable bonds is 8. The molecule has 2 amide bonds. The minimum atomic E-state index is -0.183. The SMILES string of the molecule is CC[C@H](NC(=O)c1ccc2c(c1)NC(=O)/C2=C\Nc1ccc(CN2CCCCC2)cc1)c1ccccc1. The molecule has 0 bridgehead atoms. The van der Waals surface area contributed by atoms with Gasteiger partial charge in [-0.05, 0) is 67.7 Å². The lowest BCUT2D eigenvalue weighted by atomic mass is 10.0. The van der Waals surface area contributed by atoms with Gasteiger partial charge in [0, 0.05) is 35.2 Å². The Morgan fingerprint density at radius 1 is 1.00 bits per heavy atom. The van der Waals surface area contributed by atoms with Crippen molar-refractivity contribution in [3.8, 4) is 0 Å². The van der Waals surface area contributed by atoms with Gasteiger partial charge in [0.2, 0.25) is 0 Å². The number of amides is 2. The largest absolute Gasteiger partial charge is 0.361 e. The molecular formula is C31H34N4O2. The summed E-state index contributed by atoms with van der Waals surface area (Å²) in [6, 6.07) is 23.6. The summed E-state index contributed by atoms with van der Waals surface area (Å²) < 4.78 is 0. The number of carbonyl (C=O) groups is 2. The molecule has 0 unspecified atom stereocenters. The lowest BCUT2D eigenvalue weighted by Gasteiger charge is -2.26. The summed E-state index contributed by atoms with van der Waals surface area (Å²) in [5.41, 5.74) is 5.80. The zero-order chi connectivity index (χ0) is 25.6. The summed E-state index contributed by atoms with van der Waals surface area (Å²) in [7, 11) is 0. The van der Waals surface area contributed by atoms with Crippen molar-refractivity contribution in [3.63, 3.8) is 0 Å². The molecule has 0 aliphatic carbocycles. The van der Waals surface area contributed by atoms with Crippen LogP contribution in [0.4, 0.5) is 11.4 Å². The highest BCUT2D eigenvalue weighted by Gasteiger charge is 2.25. The smallest absolute Gasteiger partial charge is 0.257 e. The maximum atomic E-state index is 13.0. The number of anilines is 2. The summed E-state index contributed by atoms with van der Waals surface area (Å²) in [6.07, 6.45) is 6.44. The van der Waals surface area contributed by atoms with Crippen LogP contribution in [0.1, 0.15) is 65.7 Å². The zero-order valence-corrected chi connectivity index (χ0v) is 21.3. The number of carbonyl (C=O) groups excluding carboxylic acids is 2. The van der Waals surface area contributed by atoms with Crippen molar-refractivity contribution >= 4 is 28.8 Å².